The van der Waals surface area contributed by atoms with Crippen LogP contribution in [0.15, 0.2) is 16.8 Å². The molecule has 0 aliphatic carbocycles. The van der Waals surface area contributed by atoms with Gasteiger partial charge in [0.05, 0.1) is 5.69 Å². The van der Waals surface area contributed by atoms with Crippen molar-refractivity contribution in [3.63, 3.8) is 0 Å². The summed E-state index contributed by atoms with van der Waals surface area (Å²) < 4.78 is 1.88. The first-order valence-corrected chi connectivity index (χ1v) is 8.21. The van der Waals surface area contributed by atoms with E-state index < -0.39 is 0 Å². The molecule has 0 fully saturated rings. The molecule has 2 aromatic heterocycles. The van der Waals surface area contributed by atoms with Gasteiger partial charge in [-0.25, -0.2) is 0 Å². The van der Waals surface area contributed by atoms with E-state index in [-0.39, 0.29) is 5.91 Å². The Balaban J connectivity index is 1.80. The van der Waals surface area contributed by atoms with Crippen molar-refractivity contribution in [3.05, 3.63) is 39.3 Å². The SMILES string of the molecule is Cc1nn(C)c(C)c1CCC(=O)NCC(C)c1ccsc1. The Labute approximate surface area is 130 Å². The van der Waals surface area contributed by atoms with E-state index in [2.05, 4.69) is 34.2 Å². The van der Waals surface area contributed by atoms with Gasteiger partial charge in [0.25, 0.3) is 0 Å². The highest BCUT2D eigenvalue weighted by molar-refractivity contribution is 7.07. The van der Waals surface area contributed by atoms with Gasteiger partial charge in [-0.3, -0.25) is 9.48 Å². The summed E-state index contributed by atoms with van der Waals surface area (Å²) in [7, 11) is 1.94. The molecular weight excluding hydrogens is 282 g/mol. The predicted octanol–water partition coefficient (Wildman–Crippen LogP) is 2.95. The van der Waals surface area contributed by atoms with Gasteiger partial charge in [-0.1, -0.05) is 6.92 Å². The van der Waals surface area contributed by atoms with Crippen LogP contribution < -0.4 is 5.32 Å². The van der Waals surface area contributed by atoms with Crippen molar-refractivity contribution in [2.45, 2.75) is 39.5 Å². The highest BCUT2D eigenvalue weighted by atomic mass is 32.1. The summed E-state index contributed by atoms with van der Waals surface area (Å²) in [5.74, 6) is 0.474. The van der Waals surface area contributed by atoms with Gasteiger partial charge in [0, 0.05) is 25.7 Å². The third-order valence-electron chi connectivity index (χ3n) is 3.98. The average Bonchev–Trinajstić information content (AvgIpc) is 3.05. The summed E-state index contributed by atoms with van der Waals surface area (Å²) in [6, 6.07) is 2.11. The minimum absolute atomic E-state index is 0.111. The Hall–Kier alpha value is -1.62. The standard InChI is InChI=1S/C16H23N3OS/c1-11(14-7-8-21-10-14)9-17-16(20)6-5-15-12(2)18-19(4)13(15)3/h7-8,10-11H,5-6,9H2,1-4H3,(H,17,20). The average molecular weight is 305 g/mol. The smallest absolute Gasteiger partial charge is 0.220 e. The number of thiophene rings is 1. The second-order valence-corrected chi connectivity index (χ2v) is 6.31. The van der Waals surface area contributed by atoms with E-state index in [1.54, 1.807) is 11.3 Å². The van der Waals surface area contributed by atoms with Crippen molar-refractivity contribution < 1.29 is 4.79 Å². The summed E-state index contributed by atoms with van der Waals surface area (Å²) in [5.41, 5.74) is 4.65. The summed E-state index contributed by atoms with van der Waals surface area (Å²) in [4.78, 5) is 12.0. The normalized spacial score (nSPS) is 12.4. The molecule has 0 radical (unpaired) electrons. The lowest BCUT2D eigenvalue weighted by Gasteiger charge is -2.11. The summed E-state index contributed by atoms with van der Waals surface area (Å²) >= 11 is 1.69. The van der Waals surface area contributed by atoms with Crippen molar-refractivity contribution in [2.24, 2.45) is 7.05 Å². The molecule has 0 aromatic carbocycles. The molecule has 4 nitrogen and oxygen atoms in total. The third kappa shape index (κ3) is 3.94. The Bertz CT molecular complexity index is 601. The Morgan fingerprint density at radius 3 is 2.81 bits per heavy atom. The molecule has 0 aliphatic heterocycles. The zero-order valence-corrected chi connectivity index (χ0v) is 14.0. The molecule has 2 rings (SSSR count). The molecule has 1 unspecified atom stereocenters. The van der Waals surface area contributed by atoms with Gasteiger partial charge in [0.15, 0.2) is 0 Å². The van der Waals surface area contributed by atoms with Gasteiger partial charge in [0.1, 0.15) is 0 Å². The number of carbonyl (C=O) groups excluding carboxylic acids is 1. The molecule has 0 bridgehead atoms. The Morgan fingerprint density at radius 2 is 2.24 bits per heavy atom. The second-order valence-electron chi connectivity index (χ2n) is 5.53. The van der Waals surface area contributed by atoms with Crippen LogP contribution in [0.4, 0.5) is 0 Å². The predicted molar refractivity (Wildman–Crippen MR) is 86.7 cm³/mol. The number of carbonyl (C=O) groups is 1. The van der Waals surface area contributed by atoms with Gasteiger partial charge < -0.3 is 5.32 Å². The van der Waals surface area contributed by atoms with Crippen LogP contribution >= 0.6 is 11.3 Å². The number of hydrogen-bond acceptors (Lipinski definition) is 3. The van der Waals surface area contributed by atoms with Crippen LogP contribution in [0.2, 0.25) is 0 Å². The van der Waals surface area contributed by atoms with Crippen molar-refractivity contribution >= 4 is 17.2 Å². The first-order valence-electron chi connectivity index (χ1n) is 7.27. The fourth-order valence-corrected chi connectivity index (χ4v) is 3.23. The van der Waals surface area contributed by atoms with Crippen LogP contribution in [-0.2, 0) is 18.3 Å². The van der Waals surface area contributed by atoms with E-state index in [9.17, 15) is 4.79 Å². The molecule has 21 heavy (non-hydrogen) atoms. The van der Waals surface area contributed by atoms with Gasteiger partial charge >= 0.3 is 0 Å². The van der Waals surface area contributed by atoms with Crippen LogP contribution in [0.25, 0.3) is 0 Å². The minimum atomic E-state index is 0.111. The van der Waals surface area contributed by atoms with Crippen molar-refractivity contribution in [2.75, 3.05) is 6.54 Å². The number of nitrogens with one attached hydrogen (secondary N) is 1. The molecule has 1 N–H and O–H groups in total. The zero-order chi connectivity index (χ0) is 15.4. The summed E-state index contributed by atoms with van der Waals surface area (Å²) in [6.07, 6.45) is 1.27. The van der Waals surface area contributed by atoms with Crippen LogP contribution in [0, 0.1) is 13.8 Å². The number of rotatable bonds is 6. The van der Waals surface area contributed by atoms with Crippen LogP contribution in [0.1, 0.15) is 41.8 Å². The second kappa shape index (κ2) is 6.89. The van der Waals surface area contributed by atoms with Gasteiger partial charge in [-0.15, -0.1) is 0 Å². The van der Waals surface area contributed by atoms with E-state index in [1.165, 1.54) is 11.1 Å². The number of aromatic nitrogens is 2. The van der Waals surface area contributed by atoms with Crippen LogP contribution in [0.5, 0.6) is 0 Å². The first-order chi connectivity index (χ1) is 9.99. The maximum absolute atomic E-state index is 12.0. The maximum atomic E-state index is 12.0. The fraction of sp³-hybridized carbons (Fsp3) is 0.500. The number of amides is 1. The molecule has 114 valence electrons. The molecule has 2 heterocycles. The van der Waals surface area contributed by atoms with Gasteiger partial charge in [-0.2, -0.15) is 16.4 Å². The molecule has 0 aliphatic rings. The number of aryl methyl sites for hydroxylation is 2. The number of nitrogens with zero attached hydrogens (tertiary/aromatic N) is 2. The topological polar surface area (TPSA) is 46.9 Å². The minimum Gasteiger partial charge on any atom is -0.355 e. The lowest BCUT2D eigenvalue weighted by Crippen LogP contribution is -2.27. The molecule has 0 saturated heterocycles. The highest BCUT2D eigenvalue weighted by Crippen LogP contribution is 2.17. The first kappa shape index (κ1) is 15.8. The Kier molecular flexibility index (Phi) is 5.17. The maximum Gasteiger partial charge on any atom is 0.220 e. The molecule has 0 spiro atoms. The summed E-state index contributed by atoms with van der Waals surface area (Å²) in [5, 5.41) is 11.6. The molecule has 1 amide bonds. The fourth-order valence-electron chi connectivity index (χ4n) is 2.45. The highest BCUT2D eigenvalue weighted by Gasteiger charge is 2.12. The molecule has 0 saturated carbocycles. The van der Waals surface area contributed by atoms with Crippen LogP contribution in [0.3, 0.4) is 0 Å². The largest absolute Gasteiger partial charge is 0.355 e. The monoisotopic (exact) mass is 305 g/mol. The van der Waals surface area contributed by atoms with Gasteiger partial charge in [-0.05, 0) is 54.1 Å². The van der Waals surface area contributed by atoms with E-state index in [0.29, 0.717) is 18.9 Å². The molecule has 2 aromatic rings. The van der Waals surface area contributed by atoms with E-state index >= 15 is 0 Å². The quantitative estimate of drug-likeness (QED) is 0.892. The van der Waals surface area contributed by atoms with Crippen LogP contribution in [-0.4, -0.2) is 22.2 Å². The van der Waals surface area contributed by atoms with E-state index in [0.717, 1.165) is 17.8 Å². The molecule has 1 atom stereocenters. The van der Waals surface area contributed by atoms with Crippen molar-refractivity contribution in [3.8, 4) is 0 Å². The third-order valence-corrected chi connectivity index (χ3v) is 4.68. The zero-order valence-electron chi connectivity index (χ0n) is 13.1. The number of hydrogen-bond donors (Lipinski definition) is 1. The molecular formula is C16H23N3OS. The molecule has 5 heteroatoms. The lowest BCUT2D eigenvalue weighted by molar-refractivity contribution is -0.121. The van der Waals surface area contributed by atoms with Crippen molar-refractivity contribution in [1.29, 1.82) is 0 Å². The van der Waals surface area contributed by atoms with Gasteiger partial charge in [0.2, 0.25) is 5.91 Å². The Morgan fingerprint density at radius 1 is 1.48 bits per heavy atom. The van der Waals surface area contributed by atoms with E-state index in [4.69, 9.17) is 0 Å². The van der Waals surface area contributed by atoms with Crippen molar-refractivity contribution in [1.82, 2.24) is 15.1 Å². The summed E-state index contributed by atoms with van der Waals surface area (Å²) in [6.45, 7) is 6.88. The lowest BCUT2D eigenvalue weighted by atomic mass is 10.0. The van der Waals surface area contributed by atoms with E-state index in [1.807, 2.05) is 25.6 Å².